The summed E-state index contributed by atoms with van der Waals surface area (Å²) in [6.07, 6.45) is 1.21. The fourth-order valence-corrected chi connectivity index (χ4v) is 1.60. The van der Waals surface area contributed by atoms with Crippen molar-refractivity contribution in [1.82, 2.24) is 14.8 Å². The van der Waals surface area contributed by atoms with Crippen molar-refractivity contribution in [2.24, 2.45) is 11.8 Å². The van der Waals surface area contributed by atoms with Gasteiger partial charge in [0.15, 0.2) is 4.77 Å². The van der Waals surface area contributed by atoms with Gasteiger partial charge in [0.1, 0.15) is 0 Å². The van der Waals surface area contributed by atoms with E-state index in [2.05, 4.69) is 17.1 Å². The van der Waals surface area contributed by atoms with E-state index < -0.39 is 0 Å². The molecule has 0 spiro atoms. The molecule has 1 heterocycles. The molecule has 0 radical (unpaired) electrons. The SMILES string of the molecule is CC1CC1Cn1c(=O)[nH][nH]c1=S. The maximum absolute atomic E-state index is 11.1. The van der Waals surface area contributed by atoms with E-state index in [-0.39, 0.29) is 5.69 Å². The van der Waals surface area contributed by atoms with Gasteiger partial charge in [-0.05, 0) is 30.5 Å². The van der Waals surface area contributed by atoms with E-state index in [1.807, 2.05) is 0 Å². The molecular formula is C7H11N3OS. The summed E-state index contributed by atoms with van der Waals surface area (Å²) in [7, 11) is 0. The zero-order valence-electron chi connectivity index (χ0n) is 6.83. The van der Waals surface area contributed by atoms with E-state index >= 15 is 0 Å². The Morgan fingerprint density at radius 1 is 1.67 bits per heavy atom. The maximum atomic E-state index is 11.1. The molecule has 2 rings (SSSR count). The van der Waals surface area contributed by atoms with E-state index in [1.165, 1.54) is 6.42 Å². The normalized spacial score (nSPS) is 27.4. The molecule has 1 saturated carbocycles. The van der Waals surface area contributed by atoms with Crippen LogP contribution < -0.4 is 5.69 Å². The van der Waals surface area contributed by atoms with Crippen LogP contribution in [0.1, 0.15) is 13.3 Å². The van der Waals surface area contributed by atoms with Crippen LogP contribution in [0.2, 0.25) is 0 Å². The lowest BCUT2D eigenvalue weighted by Crippen LogP contribution is -2.18. The summed E-state index contributed by atoms with van der Waals surface area (Å²) in [4.78, 5) is 11.1. The van der Waals surface area contributed by atoms with Crippen molar-refractivity contribution in [3.8, 4) is 0 Å². The summed E-state index contributed by atoms with van der Waals surface area (Å²) in [6, 6.07) is 0. The summed E-state index contributed by atoms with van der Waals surface area (Å²) in [5, 5.41) is 5.09. The second kappa shape index (κ2) is 2.58. The minimum Gasteiger partial charge on any atom is -0.272 e. The highest BCUT2D eigenvalue weighted by Crippen LogP contribution is 2.38. The number of hydrogen-bond acceptors (Lipinski definition) is 2. The molecule has 1 fully saturated rings. The average molecular weight is 185 g/mol. The van der Waals surface area contributed by atoms with Crippen molar-refractivity contribution < 1.29 is 0 Å². The van der Waals surface area contributed by atoms with Crippen LogP contribution in [0.15, 0.2) is 4.79 Å². The number of H-pyrrole nitrogens is 2. The van der Waals surface area contributed by atoms with Gasteiger partial charge >= 0.3 is 5.69 Å². The highest BCUT2D eigenvalue weighted by Gasteiger charge is 2.33. The van der Waals surface area contributed by atoms with Gasteiger partial charge < -0.3 is 0 Å². The first-order chi connectivity index (χ1) is 5.68. The van der Waals surface area contributed by atoms with Gasteiger partial charge in [-0.15, -0.1) is 0 Å². The fourth-order valence-electron chi connectivity index (χ4n) is 1.39. The summed E-state index contributed by atoms with van der Waals surface area (Å²) in [5.74, 6) is 1.40. The first-order valence-electron chi connectivity index (χ1n) is 4.06. The van der Waals surface area contributed by atoms with E-state index in [1.54, 1.807) is 4.57 Å². The molecule has 2 N–H and O–H groups in total. The monoisotopic (exact) mass is 185 g/mol. The Kier molecular flexibility index (Phi) is 1.68. The van der Waals surface area contributed by atoms with Gasteiger partial charge in [-0.3, -0.25) is 9.67 Å². The smallest absolute Gasteiger partial charge is 0.272 e. The number of aromatic amines is 2. The predicted molar refractivity (Wildman–Crippen MR) is 47.5 cm³/mol. The lowest BCUT2D eigenvalue weighted by molar-refractivity contribution is 0.572. The minimum absolute atomic E-state index is 0.126. The Balaban J connectivity index is 2.22. The molecule has 2 atom stereocenters. The molecule has 12 heavy (non-hydrogen) atoms. The Hall–Kier alpha value is -0.840. The molecule has 0 aliphatic heterocycles. The summed E-state index contributed by atoms with van der Waals surface area (Å²) in [6.45, 7) is 2.95. The molecule has 1 aliphatic rings. The zero-order valence-corrected chi connectivity index (χ0v) is 7.65. The number of nitrogens with one attached hydrogen (secondary N) is 2. The van der Waals surface area contributed by atoms with Crippen LogP contribution >= 0.6 is 12.2 Å². The fraction of sp³-hybridized carbons (Fsp3) is 0.714. The van der Waals surface area contributed by atoms with Gasteiger partial charge in [-0.25, -0.2) is 9.89 Å². The molecule has 0 bridgehead atoms. The molecule has 0 aromatic carbocycles. The molecule has 0 saturated heterocycles. The van der Waals surface area contributed by atoms with Crippen molar-refractivity contribution >= 4 is 12.2 Å². The first-order valence-corrected chi connectivity index (χ1v) is 4.47. The molecular weight excluding hydrogens is 174 g/mol. The van der Waals surface area contributed by atoms with E-state index in [9.17, 15) is 4.79 Å². The van der Waals surface area contributed by atoms with Crippen molar-refractivity contribution in [2.75, 3.05) is 0 Å². The van der Waals surface area contributed by atoms with Crippen molar-refractivity contribution in [3.63, 3.8) is 0 Å². The summed E-state index contributed by atoms with van der Waals surface area (Å²) < 4.78 is 2.09. The van der Waals surface area contributed by atoms with Crippen LogP contribution in [0.3, 0.4) is 0 Å². The highest BCUT2D eigenvalue weighted by molar-refractivity contribution is 7.71. The Labute approximate surface area is 74.6 Å². The minimum atomic E-state index is -0.126. The second-order valence-electron chi connectivity index (χ2n) is 3.44. The number of aromatic nitrogens is 3. The molecule has 5 heteroatoms. The number of nitrogens with zero attached hydrogens (tertiary/aromatic N) is 1. The molecule has 0 amide bonds. The van der Waals surface area contributed by atoms with Gasteiger partial charge in [0.25, 0.3) is 0 Å². The molecule has 1 aliphatic carbocycles. The number of hydrogen-bond donors (Lipinski definition) is 2. The third-order valence-electron chi connectivity index (χ3n) is 2.46. The van der Waals surface area contributed by atoms with Gasteiger partial charge in [-0.2, -0.15) is 0 Å². The lowest BCUT2D eigenvalue weighted by Gasteiger charge is -1.95. The van der Waals surface area contributed by atoms with Crippen LogP contribution in [0.4, 0.5) is 0 Å². The molecule has 2 unspecified atom stereocenters. The van der Waals surface area contributed by atoms with E-state index in [0.29, 0.717) is 10.7 Å². The summed E-state index contributed by atoms with van der Waals surface area (Å²) in [5.41, 5.74) is -0.126. The van der Waals surface area contributed by atoms with Crippen LogP contribution in [-0.4, -0.2) is 14.8 Å². The molecule has 1 aromatic heterocycles. The van der Waals surface area contributed by atoms with Crippen LogP contribution in [0.5, 0.6) is 0 Å². The van der Waals surface area contributed by atoms with Crippen molar-refractivity contribution in [1.29, 1.82) is 0 Å². The first kappa shape index (κ1) is 7.79. The zero-order chi connectivity index (χ0) is 8.72. The Morgan fingerprint density at radius 3 is 2.75 bits per heavy atom. The van der Waals surface area contributed by atoms with Crippen LogP contribution in [-0.2, 0) is 6.54 Å². The Morgan fingerprint density at radius 2 is 2.33 bits per heavy atom. The molecule has 66 valence electrons. The van der Waals surface area contributed by atoms with Gasteiger partial charge in [-0.1, -0.05) is 6.92 Å². The largest absolute Gasteiger partial charge is 0.342 e. The third kappa shape index (κ3) is 1.24. The third-order valence-corrected chi connectivity index (χ3v) is 2.78. The lowest BCUT2D eigenvalue weighted by atomic mass is 10.3. The van der Waals surface area contributed by atoms with Crippen molar-refractivity contribution in [3.05, 3.63) is 15.3 Å². The van der Waals surface area contributed by atoms with E-state index in [0.717, 1.165) is 12.5 Å². The Bertz CT molecular complexity index is 360. The maximum Gasteiger partial charge on any atom is 0.342 e. The van der Waals surface area contributed by atoms with Gasteiger partial charge in [0.05, 0.1) is 0 Å². The van der Waals surface area contributed by atoms with Gasteiger partial charge in [0.2, 0.25) is 0 Å². The number of rotatable bonds is 2. The quantitative estimate of drug-likeness (QED) is 0.672. The average Bonchev–Trinajstić information content (AvgIpc) is 2.63. The second-order valence-corrected chi connectivity index (χ2v) is 3.83. The topological polar surface area (TPSA) is 53.6 Å². The van der Waals surface area contributed by atoms with E-state index in [4.69, 9.17) is 12.2 Å². The predicted octanol–water partition coefficient (Wildman–Crippen LogP) is 0.890. The summed E-state index contributed by atoms with van der Waals surface area (Å²) >= 11 is 4.93. The highest BCUT2D eigenvalue weighted by atomic mass is 32.1. The molecule has 4 nitrogen and oxygen atoms in total. The van der Waals surface area contributed by atoms with Crippen LogP contribution in [0.25, 0.3) is 0 Å². The molecule has 1 aromatic rings. The van der Waals surface area contributed by atoms with Crippen LogP contribution in [0, 0.1) is 16.6 Å². The van der Waals surface area contributed by atoms with Gasteiger partial charge in [0, 0.05) is 6.54 Å². The standard InChI is InChI=1S/C7H11N3OS/c1-4-2-5(4)3-10-6(11)8-9-7(10)12/h4-5H,2-3H2,1H3,(H,8,11)(H,9,12). The van der Waals surface area contributed by atoms with Crippen molar-refractivity contribution in [2.45, 2.75) is 19.9 Å².